The smallest absolute Gasteiger partial charge is 0.248 e. The largest absolute Gasteiger partial charge is 0.347 e. The van der Waals surface area contributed by atoms with Crippen LogP contribution in [0.5, 0.6) is 0 Å². The maximum Gasteiger partial charge on any atom is 0.248 e. The van der Waals surface area contributed by atoms with Crippen molar-refractivity contribution < 1.29 is 4.79 Å². The Hall–Kier alpha value is -3.34. The number of para-hydroxylation sites is 2. The van der Waals surface area contributed by atoms with Crippen LogP contribution >= 0.6 is 0 Å². The average Bonchev–Trinajstić information content (AvgIpc) is 3.30. The molecule has 25 heavy (non-hydrogen) atoms. The van der Waals surface area contributed by atoms with E-state index >= 15 is 0 Å². The third kappa shape index (κ3) is 3.17. The van der Waals surface area contributed by atoms with Crippen molar-refractivity contribution in [3.8, 4) is 0 Å². The number of imidazole rings is 1. The van der Waals surface area contributed by atoms with Gasteiger partial charge in [0.1, 0.15) is 11.9 Å². The van der Waals surface area contributed by atoms with Crippen molar-refractivity contribution in [2.24, 2.45) is 0 Å². The first-order chi connectivity index (χ1) is 12.3. The van der Waals surface area contributed by atoms with Gasteiger partial charge in [-0.05, 0) is 29.8 Å². The minimum Gasteiger partial charge on any atom is -0.347 e. The molecular formula is C20H18N4O. The third-order valence-electron chi connectivity index (χ3n) is 4.16. The number of hydrogen-bond donors (Lipinski definition) is 2. The maximum atomic E-state index is 12.9. The highest BCUT2D eigenvalue weighted by Crippen LogP contribution is 2.19. The fourth-order valence-corrected chi connectivity index (χ4v) is 2.97. The van der Waals surface area contributed by atoms with Gasteiger partial charge in [-0.1, -0.05) is 42.5 Å². The minimum absolute atomic E-state index is 0.0668. The quantitative estimate of drug-likeness (QED) is 0.590. The summed E-state index contributed by atoms with van der Waals surface area (Å²) >= 11 is 0. The number of aromatic nitrogens is 3. The average molecular weight is 330 g/mol. The van der Waals surface area contributed by atoms with Gasteiger partial charge in [-0.3, -0.25) is 4.79 Å². The lowest BCUT2D eigenvalue weighted by Gasteiger charge is -2.18. The summed E-state index contributed by atoms with van der Waals surface area (Å²) in [6.45, 7) is 0.359. The van der Waals surface area contributed by atoms with Gasteiger partial charge in [0.15, 0.2) is 0 Å². The molecule has 0 bridgehead atoms. The van der Waals surface area contributed by atoms with Crippen LogP contribution in [0.3, 0.4) is 0 Å². The van der Waals surface area contributed by atoms with E-state index in [1.54, 1.807) is 0 Å². The molecule has 0 saturated carbocycles. The summed E-state index contributed by atoms with van der Waals surface area (Å²) in [5.41, 5.74) is 2.81. The van der Waals surface area contributed by atoms with Crippen LogP contribution in [0.4, 0.5) is 0 Å². The van der Waals surface area contributed by atoms with Crippen molar-refractivity contribution in [2.45, 2.75) is 12.6 Å². The van der Waals surface area contributed by atoms with Gasteiger partial charge in [-0.25, -0.2) is 4.98 Å². The van der Waals surface area contributed by atoms with Crippen molar-refractivity contribution in [1.29, 1.82) is 0 Å². The molecule has 5 nitrogen and oxygen atoms in total. The summed E-state index contributed by atoms with van der Waals surface area (Å²) in [7, 11) is 0. The summed E-state index contributed by atoms with van der Waals surface area (Å²) in [5, 5.41) is 2.99. The number of benzene rings is 2. The monoisotopic (exact) mass is 330 g/mol. The molecule has 2 heterocycles. The number of fused-ring (bicyclic) bond motifs is 1. The zero-order valence-electron chi connectivity index (χ0n) is 13.6. The predicted molar refractivity (Wildman–Crippen MR) is 97.0 cm³/mol. The Balaban J connectivity index is 1.54. The number of nitrogens with zero attached hydrogens (tertiary/aromatic N) is 2. The van der Waals surface area contributed by atoms with Crippen molar-refractivity contribution in [1.82, 2.24) is 19.9 Å². The standard InChI is InChI=1S/C20H18N4O/c25-20(21-14-18-22-16-10-4-5-11-17(16)23-18)19(24-12-6-7-13-24)15-8-2-1-3-9-15/h1-13,19H,14H2,(H,21,25)(H,22,23). The molecule has 0 saturated heterocycles. The van der Waals surface area contributed by atoms with E-state index in [0.29, 0.717) is 6.54 Å². The zero-order chi connectivity index (χ0) is 17.1. The zero-order valence-corrected chi connectivity index (χ0v) is 13.6. The Labute approximate surface area is 145 Å². The summed E-state index contributed by atoms with van der Waals surface area (Å²) in [5.74, 6) is 0.678. The number of carbonyl (C=O) groups excluding carboxylic acids is 1. The van der Waals surface area contributed by atoms with Gasteiger partial charge in [0.05, 0.1) is 17.6 Å². The topological polar surface area (TPSA) is 62.7 Å². The van der Waals surface area contributed by atoms with Crippen LogP contribution in [0, 0.1) is 0 Å². The first-order valence-electron chi connectivity index (χ1n) is 8.20. The second-order valence-corrected chi connectivity index (χ2v) is 5.86. The van der Waals surface area contributed by atoms with Gasteiger partial charge in [0.2, 0.25) is 5.91 Å². The highest BCUT2D eigenvalue weighted by molar-refractivity contribution is 5.83. The fraction of sp³-hybridized carbons (Fsp3) is 0.100. The Kier molecular flexibility index (Phi) is 4.04. The fourth-order valence-electron chi connectivity index (χ4n) is 2.97. The normalized spacial score (nSPS) is 12.2. The molecule has 2 N–H and O–H groups in total. The molecule has 0 aliphatic rings. The van der Waals surface area contributed by atoms with Gasteiger partial charge in [0, 0.05) is 12.4 Å². The van der Waals surface area contributed by atoms with E-state index in [1.807, 2.05) is 83.7 Å². The summed E-state index contributed by atoms with van der Waals surface area (Å²) in [6.07, 6.45) is 3.80. The highest BCUT2D eigenvalue weighted by Gasteiger charge is 2.21. The maximum absolute atomic E-state index is 12.9. The predicted octanol–water partition coefficient (Wildman–Crippen LogP) is 3.27. The van der Waals surface area contributed by atoms with E-state index in [2.05, 4.69) is 15.3 Å². The van der Waals surface area contributed by atoms with Crippen molar-refractivity contribution in [3.63, 3.8) is 0 Å². The Morgan fingerprint density at radius 3 is 2.48 bits per heavy atom. The lowest BCUT2D eigenvalue weighted by atomic mass is 10.1. The van der Waals surface area contributed by atoms with Gasteiger partial charge in [-0.15, -0.1) is 0 Å². The van der Waals surface area contributed by atoms with E-state index in [1.165, 1.54) is 0 Å². The number of H-pyrrole nitrogens is 1. The number of hydrogen-bond acceptors (Lipinski definition) is 2. The van der Waals surface area contributed by atoms with Gasteiger partial charge in [0.25, 0.3) is 0 Å². The molecule has 124 valence electrons. The molecule has 1 atom stereocenters. The number of carbonyl (C=O) groups is 1. The van der Waals surface area contributed by atoms with Crippen LogP contribution in [0.1, 0.15) is 17.4 Å². The van der Waals surface area contributed by atoms with Crippen LogP contribution in [-0.4, -0.2) is 20.4 Å². The Morgan fingerprint density at radius 2 is 1.72 bits per heavy atom. The molecule has 0 radical (unpaired) electrons. The van der Waals surface area contributed by atoms with Crippen molar-refractivity contribution >= 4 is 16.9 Å². The van der Waals surface area contributed by atoms with E-state index in [9.17, 15) is 4.79 Å². The summed E-state index contributed by atoms with van der Waals surface area (Å²) in [4.78, 5) is 20.6. The molecule has 0 aliphatic carbocycles. The van der Waals surface area contributed by atoms with Gasteiger partial charge < -0.3 is 14.9 Å². The molecule has 5 heteroatoms. The molecular weight excluding hydrogens is 312 g/mol. The highest BCUT2D eigenvalue weighted by atomic mass is 16.2. The lowest BCUT2D eigenvalue weighted by Crippen LogP contribution is -2.32. The molecule has 4 aromatic rings. The van der Waals surface area contributed by atoms with Crippen LogP contribution in [0.2, 0.25) is 0 Å². The molecule has 4 rings (SSSR count). The van der Waals surface area contributed by atoms with Crippen molar-refractivity contribution in [3.05, 3.63) is 90.5 Å². The molecule has 0 spiro atoms. The second-order valence-electron chi connectivity index (χ2n) is 5.86. The first kappa shape index (κ1) is 15.2. The van der Waals surface area contributed by atoms with Gasteiger partial charge >= 0.3 is 0 Å². The molecule has 0 aliphatic heterocycles. The minimum atomic E-state index is -0.402. The van der Waals surface area contributed by atoms with E-state index in [0.717, 1.165) is 22.4 Å². The summed E-state index contributed by atoms with van der Waals surface area (Å²) < 4.78 is 1.91. The Morgan fingerprint density at radius 1 is 1.00 bits per heavy atom. The van der Waals surface area contributed by atoms with Crippen molar-refractivity contribution in [2.75, 3.05) is 0 Å². The molecule has 1 unspecified atom stereocenters. The van der Waals surface area contributed by atoms with Crippen LogP contribution in [0.15, 0.2) is 79.1 Å². The first-order valence-corrected chi connectivity index (χ1v) is 8.20. The SMILES string of the molecule is O=C(NCc1nc2ccccc2[nH]1)C(c1ccccc1)n1cccc1. The summed E-state index contributed by atoms with van der Waals surface area (Å²) in [6, 6.07) is 21.0. The van der Waals surface area contributed by atoms with E-state index in [-0.39, 0.29) is 5.91 Å². The number of rotatable bonds is 5. The second kappa shape index (κ2) is 6.65. The number of nitrogens with one attached hydrogen (secondary N) is 2. The van der Waals surface area contributed by atoms with Crippen LogP contribution in [-0.2, 0) is 11.3 Å². The number of amides is 1. The number of aromatic amines is 1. The van der Waals surface area contributed by atoms with E-state index < -0.39 is 6.04 Å². The molecule has 1 amide bonds. The van der Waals surface area contributed by atoms with Gasteiger partial charge in [-0.2, -0.15) is 0 Å². The molecule has 2 aromatic heterocycles. The van der Waals surface area contributed by atoms with Crippen LogP contribution < -0.4 is 5.32 Å². The Bertz CT molecular complexity index is 940. The third-order valence-corrected chi connectivity index (χ3v) is 4.16. The molecule has 0 fully saturated rings. The lowest BCUT2D eigenvalue weighted by molar-refractivity contribution is -0.123. The van der Waals surface area contributed by atoms with Crippen LogP contribution in [0.25, 0.3) is 11.0 Å². The molecule has 2 aromatic carbocycles. The van der Waals surface area contributed by atoms with E-state index in [4.69, 9.17) is 0 Å².